The largest absolute Gasteiger partial charge is 0.394 e. The molecular formula is C9H14N2O2. The highest BCUT2D eigenvalue weighted by molar-refractivity contribution is 5.42. The summed E-state index contributed by atoms with van der Waals surface area (Å²) in [7, 11) is 0. The number of pyridine rings is 1. The second-order valence-electron chi connectivity index (χ2n) is 2.89. The molecule has 0 amide bonds. The van der Waals surface area contributed by atoms with Crippen LogP contribution in [0.5, 0.6) is 0 Å². The molecule has 0 bridgehead atoms. The lowest BCUT2D eigenvalue weighted by atomic mass is 10.3. The van der Waals surface area contributed by atoms with Crippen molar-refractivity contribution in [1.82, 2.24) is 4.98 Å². The van der Waals surface area contributed by atoms with Crippen molar-refractivity contribution in [3.05, 3.63) is 23.9 Å². The predicted molar refractivity (Wildman–Crippen MR) is 50.6 cm³/mol. The first kappa shape index (κ1) is 9.95. The highest BCUT2D eigenvalue weighted by Crippen LogP contribution is 2.08. The fourth-order valence-electron chi connectivity index (χ4n) is 0.950. The molecule has 1 rings (SSSR count). The predicted octanol–water partition coefficient (Wildman–Crippen LogP) is 0.155. The minimum atomic E-state index is -0.735. The van der Waals surface area contributed by atoms with Gasteiger partial charge in [-0.2, -0.15) is 0 Å². The number of rotatable bonds is 4. The maximum Gasteiger partial charge on any atom is 0.128 e. The van der Waals surface area contributed by atoms with Gasteiger partial charge < -0.3 is 15.5 Å². The second kappa shape index (κ2) is 4.79. The van der Waals surface area contributed by atoms with Crippen molar-refractivity contribution in [3.63, 3.8) is 0 Å². The number of hydrogen-bond acceptors (Lipinski definition) is 4. The molecule has 1 aromatic heterocycles. The Balaban J connectivity index is 2.50. The Morgan fingerprint density at radius 1 is 1.62 bits per heavy atom. The number of hydrogen-bond donors (Lipinski definition) is 3. The number of aryl methyl sites for hydroxylation is 1. The number of nitrogens with one attached hydrogen (secondary N) is 1. The van der Waals surface area contributed by atoms with Gasteiger partial charge >= 0.3 is 0 Å². The first-order valence-electron chi connectivity index (χ1n) is 4.18. The van der Waals surface area contributed by atoms with Crippen molar-refractivity contribution in [2.75, 3.05) is 18.5 Å². The second-order valence-corrected chi connectivity index (χ2v) is 2.89. The Kier molecular flexibility index (Phi) is 3.67. The number of aliphatic hydroxyl groups is 2. The summed E-state index contributed by atoms with van der Waals surface area (Å²) in [6.45, 7) is 2.01. The van der Waals surface area contributed by atoms with Gasteiger partial charge in [-0.05, 0) is 18.6 Å². The van der Waals surface area contributed by atoms with Gasteiger partial charge in [0.1, 0.15) is 5.82 Å². The lowest BCUT2D eigenvalue weighted by Crippen LogP contribution is -2.23. The third-order valence-electron chi connectivity index (χ3n) is 1.73. The van der Waals surface area contributed by atoms with Crippen molar-refractivity contribution < 1.29 is 10.2 Å². The summed E-state index contributed by atoms with van der Waals surface area (Å²) in [6, 6.07) is 3.78. The molecule has 1 heterocycles. The summed E-state index contributed by atoms with van der Waals surface area (Å²) in [5, 5.41) is 20.6. The lowest BCUT2D eigenvalue weighted by molar-refractivity contribution is 0.105. The molecule has 0 aromatic carbocycles. The molecule has 72 valence electrons. The monoisotopic (exact) mass is 182 g/mol. The van der Waals surface area contributed by atoms with Gasteiger partial charge in [-0.3, -0.25) is 0 Å². The highest BCUT2D eigenvalue weighted by atomic mass is 16.3. The van der Waals surface area contributed by atoms with Crippen LogP contribution < -0.4 is 5.32 Å². The zero-order chi connectivity index (χ0) is 9.68. The van der Waals surface area contributed by atoms with Crippen molar-refractivity contribution in [3.8, 4) is 0 Å². The van der Waals surface area contributed by atoms with E-state index in [1.54, 1.807) is 6.20 Å². The molecule has 1 unspecified atom stereocenters. The van der Waals surface area contributed by atoms with Crippen LogP contribution in [0.1, 0.15) is 5.56 Å². The summed E-state index contributed by atoms with van der Waals surface area (Å²) in [4.78, 5) is 4.08. The Labute approximate surface area is 77.2 Å². The summed E-state index contributed by atoms with van der Waals surface area (Å²) < 4.78 is 0. The van der Waals surface area contributed by atoms with Crippen LogP contribution in [0.2, 0.25) is 0 Å². The van der Waals surface area contributed by atoms with Crippen molar-refractivity contribution in [1.29, 1.82) is 0 Å². The van der Waals surface area contributed by atoms with Crippen LogP contribution in [0.15, 0.2) is 18.3 Å². The minimum Gasteiger partial charge on any atom is -0.394 e. The van der Waals surface area contributed by atoms with E-state index >= 15 is 0 Å². The van der Waals surface area contributed by atoms with Crippen molar-refractivity contribution >= 4 is 5.82 Å². The summed E-state index contributed by atoms with van der Waals surface area (Å²) in [5.41, 5.74) is 1.02. The smallest absolute Gasteiger partial charge is 0.128 e. The molecule has 3 N–H and O–H groups in total. The van der Waals surface area contributed by atoms with Gasteiger partial charge in [-0.25, -0.2) is 4.98 Å². The maximum atomic E-state index is 9.07. The van der Waals surface area contributed by atoms with Gasteiger partial charge in [0.2, 0.25) is 0 Å². The molecule has 0 aliphatic carbocycles. The van der Waals surface area contributed by atoms with Crippen LogP contribution in [0.4, 0.5) is 5.82 Å². The standard InChI is InChI=1S/C9H14N2O2/c1-7-3-2-4-10-9(7)11-5-8(13)6-12/h2-4,8,12-13H,5-6H2,1H3,(H,10,11). The molecule has 13 heavy (non-hydrogen) atoms. The molecule has 0 saturated heterocycles. The first-order chi connectivity index (χ1) is 6.24. The number of aromatic nitrogens is 1. The van der Waals surface area contributed by atoms with E-state index in [9.17, 15) is 0 Å². The van der Waals surface area contributed by atoms with Crippen LogP contribution >= 0.6 is 0 Å². The van der Waals surface area contributed by atoms with Gasteiger partial charge in [-0.15, -0.1) is 0 Å². The molecule has 0 saturated carbocycles. The number of aliphatic hydroxyl groups excluding tert-OH is 2. The fourth-order valence-corrected chi connectivity index (χ4v) is 0.950. The molecule has 0 radical (unpaired) electrons. The quantitative estimate of drug-likeness (QED) is 0.620. The third-order valence-corrected chi connectivity index (χ3v) is 1.73. The van der Waals surface area contributed by atoms with Gasteiger partial charge in [0.05, 0.1) is 12.7 Å². The molecule has 0 spiro atoms. The Morgan fingerprint density at radius 2 is 2.38 bits per heavy atom. The van der Waals surface area contributed by atoms with E-state index in [1.165, 1.54) is 0 Å². The van der Waals surface area contributed by atoms with E-state index < -0.39 is 6.10 Å². The van der Waals surface area contributed by atoms with Crippen molar-refractivity contribution in [2.45, 2.75) is 13.0 Å². The van der Waals surface area contributed by atoms with Crippen LogP contribution in [0.25, 0.3) is 0 Å². The Hall–Kier alpha value is -1.13. The minimum absolute atomic E-state index is 0.237. The Morgan fingerprint density at radius 3 is 3.00 bits per heavy atom. The molecule has 0 aliphatic rings. The van der Waals surface area contributed by atoms with Crippen LogP contribution in [0.3, 0.4) is 0 Å². The lowest BCUT2D eigenvalue weighted by Gasteiger charge is -2.10. The number of nitrogens with zero attached hydrogens (tertiary/aromatic N) is 1. The molecule has 1 aromatic rings. The van der Waals surface area contributed by atoms with Crippen LogP contribution in [-0.2, 0) is 0 Å². The number of anilines is 1. The van der Waals surface area contributed by atoms with Gasteiger partial charge in [-0.1, -0.05) is 6.07 Å². The van der Waals surface area contributed by atoms with E-state index in [-0.39, 0.29) is 6.61 Å². The average molecular weight is 182 g/mol. The fraction of sp³-hybridized carbons (Fsp3) is 0.444. The normalized spacial score (nSPS) is 12.5. The van der Waals surface area contributed by atoms with Gasteiger partial charge in [0.25, 0.3) is 0 Å². The van der Waals surface area contributed by atoms with Crippen LogP contribution in [-0.4, -0.2) is 34.5 Å². The molecule has 0 fully saturated rings. The molecule has 1 atom stereocenters. The first-order valence-corrected chi connectivity index (χ1v) is 4.18. The van der Waals surface area contributed by atoms with E-state index in [1.807, 2.05) is 19.1 Å². The molecule has 4 heteroatoms. The summed E-state index contributed by atoms with van der Waals surface area (Å²) in [5.74, 6) is 0.745. The van der Waals surface area contributed by atoms with Gasteiger partial charge in [0.15, 0.2) is 0 Å². The SMILES string of the molecule is Cc1cccnc1NCC(O)CO. The Bertz CT molecular complexity index is 266. The average Bonchev–Trinajstić information content (AvgIpc) is 2.16. The van der Waals surface area contributed by atoms with Crippen LogP contribution in [0, 0.1) is 6.92 Å². The van der Waals surface area contributed by atoms with E-state index in [0.29, 0.717) is 6.54 Å². The van der Waals surface area contributed by atoms with Gasteiger partial charge in [0, 0.05) is 12.7 Å². The zero-order valence-electron chi connectivity index (χ0n) is 7.57. The topological polar surface area (TPSA) is 65.4 Å². The third kappa shape index (κ3) is 3.01. The molecular weight excluding hydrogens is 168 g/mol. The molecule has 0 aliphatic heterocycles. The maximum absolute atomic E-state index is 9.07. The van der Waals surface area contributed by atoms with E-state index in [4.69, 9.17) is 10.2 Å². The van der Waals surface area contributed by atoms with Crippen molar-refractivity contribution in [2.24, 2.45) is 0 Å². The summed E-state index contributed by atoms with van der Waals surface area (Å²) in [6.07, 6.45) is 0.946. The van der Waals surface area contributed by atoms with E-state index in [0.717, 1.165) is 11.4 Å². The zero-order valence-corrected chi connectivity index (χ0v) is 7.57. The molecule has 4 nitrogen and oxygen atoms in total. The van der Waals surface area contributed by atoms with E-state index in [2.05, 4.69) is 10.3 Å². The summed E-state index contributed by atoms with van der Waals surface area (Å²) >= 11 is 0. The highest BCUT2D eigenvalue weighted by Gasteiger charge is 2.02.